The Morgan fingerprint density at radius 3 is 3.06 bits per heavy atom. The highest BCUT2D eigenvalue weighted by molar-refractivity contribution is 5.59. The van der Waals surface area contributed by atoms with Gasteiger partial charge in [0, 0.05) is 6.20 Å². The average molecular weight is 234 g/mol. The van der Waals surface area contributed by atoms with Crippen LogP contribution in [0.4, 0.5) is 0 Å². The van der Waals surface area contributed by atoms with Gasteiger partial charge in [0.15, 0.2) is 5.82 Å². The Hall–Kier alpha value is -1.95. The third-order valence-electron chi connectivity index (χ3n) is 2.41. The summed E-state index contributed by atoms with van der Waals surface area (Å²) >= 11 is 0. The minimum Gasteiger partial charge on any atom is -0.480 e. The second kappa shape index (κ2) is 4.92. The molecule has 0 saturated heterocycles. The van der Waals surface area contributed by atoms with Gasteiger partial charge in [-0.15, -0.1) is 0 Å². The zero-order chi connectivity index (χ0) is 12.3. The predicted octanol–water partition coefficient (Wildman–Crippen LogP) is 1.55. The molecule has 1 atom stereocenters. The molecular formula is C11H14N4O2. The molecule has 0 bridgehead atoms. The summed E-state index contributed by atoms with van der Waals surface area (Å²) in [5.74, 6) is 1.31. The average Bonchev–Trinajstić information content (AvgIpc) is 2.87. The largest absolute Gasteiger partial charge is 0.480 e. The molecule has 0 spiro atoms. The van der Waals surface area contributed by atoms with Gasteiger partial charge in [-0.05, 0) is 18.6 Å². The van der Waals surface area contributed by atoms with E-state index in [4.69, 9.17) is 15.0 Å². The van der Waals surface area contributed by atoms with Crippen molar-refractivity contribution in [1.82, 2.24) is 15.1 Å². The van der Waals surface area contributed by atoms with Crippen molar-refractivity contribution in [1.29, 1.82) is 0 Å². The zero-order valence-electron chi connectivity index (χ0n) is 9.75. The first-order valence-electron chi connectivity index (χ1n) is 5.34. The van der Waals surface area contributed by atoms with E-state index in [-0.39, 0.29) is 6.04 Å². The quantitative estimate of drug-likeness (QED) is 0.863. The lowest BCUT2D eigenvalue weighted by Gasteiger charge is -2.02. The van der Waals surface area contributed by atoms with Gasteiger partial charge < -0.3 is 15.0 Å². The molecule has 0 amide bonds. The first kappa shape index (κ1) is 11.5. The van der Waals surface area contributed by atoms with Gasteiger partial charge in [-0.1, -0.05) is 12.1 Å². The molecule has 2 aromatic heterocycles. The SMILES string of the molecule is CCC(N)c1noc(-c2cccnc2OC)n1. The topological polar surface area (TPSA) is 87.1 Å². The highest BCUT2D eigenvalue weighted by Crippen LogP contribution is 2.26. The van der Waals surface area contributed by atoms with Gasteiger partial charge in [-0.3, -0.25) is 0 Å². The molecule has 2 heterocycles. The fraction of sp³-hybridized carbons (Fsp3) is 0.364. The molecule has 6 nitrogen and oxygen atoms in total. The number of methoxy groups -OCH3 is 1. The minimum absolute atomic E-state index is 0.213. The standard InChI is InChI=1S/C11H14N4O2/c1-3-8(12)9-14-11(17-15-9)7-5-4-6-13-10(7)16-2/h4-6,8H,3,12H2,1-2H3. The van der Waals surface area contributed by atoms with Crippen LogP contribution >= 0.6 is 0 Å². The summed E-state index contributed by atoms with van der Waals surface area (Å²) in [4.78, 5) is 8.30. The van der Waals surface area contributed by atoms with Crippen LogP contribution in [0.15, 0.2) is 22.9 Å². The summed E-state index contributed by atoms with van der Waals surface area (Å²) in [6, 6.07) is 3.37. The fourth-order valence-electron chi connectivity index (χ4n) is 1.39. The highest BCUT2D eigenvalue weighted by atomic mass is 16.5. The first-order chi connectivity index (χ1) is 8.26. The number of hydrogen-bond donors (Lipinski definition) is 1. The Bertz CT molecular complexity index is 498. The number of nitrogens with two attached hydrogens (primary N) is 1. The van der Waals surface area contributed by atoms with Crippen molar-refractivity contribution in [2.45, 2.75) is 19.4 Å². The summed E-state index contributed by atoms with van der Waals surface area (Å²) in [7, 11) is 1.54. The van der Waals surface area contributed by atoms with E-state index >= 15 is 0 Å². The van der Waals surface area contributed by atoms with E-state index in [1.165, 1.54) is 0 Å². The second-order valence-electron chi connectivity index (χ2n) is 3.53. The summed E-state index contributed by atoms with van der Waals surface area (Å²) in [5, 5.41) is 3.84. The van der Waals surface area contributed by atoms with Crippen molar-refractivity contribution in [2.24, 2.45) is 5.73 Å². The molecule has 2 rings (SSSR count). The Kier molecular flexibility index (Phi) is 3.34. The monoisotopic (exact) mass is 234 g/mol. The zero-order valence-corrected chi connectivity index (χ0v) is 9.75. The van der Waals surface area contributed by atoms with Gasteiger partial charge in [0.1, 0.15) is 5.56 Å². The summed E-state index contributed by atoms with van der Waals surface area (Å²) in [6.07, 6.45) is 2.39. The smallest absolute Gasteiger partial charge is 0.263 e. The van der Waals surface area contributed by atoms with Crippen molar-refractivity contribution in [3.8, 4) is 17.3 Å². The van der Waals surface area contributed by atoms with Gasteiger partial charge in [0.25, 0.3) is 5.89 Å². The third-order valence-corrected chi connectivity index (χ3v) is 2.41. The van der Waals surface area contributed by atoms with Crippen LogP contribution in [0.2, 0.25) is 0 Å². The predicted molar refractivity (Wildman–Crippen MR) is 61.3 cm³/mol. The van der Waals surface area contributed by atoms with Crippen LogP contribution in [0.1, 0.15) is 25.2 Å². The van der Waals surface area contributed by atoms with Crippen molar-refractivity contribution < 1.29 is 9.26 Å². The van der Waals surface area contributed by atoms with E-state index < -0.39 is 0 Å². The summed E-state index contributed by atoms with van der Waals surface area (Å²) in [6.45, 7) is 1.96. The molecule has 0 radical (unpaired) electrons. The molecule has 0 aromatic carbocycles. The Morgan fingerprint density at radius 1 is 1.53 bits per heavy atom. The van der Waals surface area contributed by atoms with Crippen molar-refractivity contribution >= 4 is 0 Å². The normalized spacial score (nSPS) is 12.4. The number of pyridine rings is 1. The Balaban J connectivity index is 2.37. The molecule has 0 aliphatic heterocycles. The number of hydrogen-bond acceptors (Lipinski definition) is 6. The van der Waals surface area contributed by atoms with Crippen molar-refractivity contribution in [3.05, 3.63) is 24.2 Å². The number of ether oxygens (including phenoxy) is 1. The van der Waals surface area contributed by atoms with E-state index in [0.717, 1.165) is 6.42 Å². The van der Waals surface area contributed by atoms with Crippen LogP contribution in [0, 0.1) is 0 Å². The number of nitrogens with zero attached hydrogens (tertiary/aromatic N) is 3. The Morgan fingerprint density at radius 2 is 2.35 bits per heavy atom. The van der Waals surface area contributed by atoms with Gasteiger partial charge >= 0.3 is 0 Å². The van der Waals surface area contributed by atoms with E-state index in [9.17, 15) is 0 Å². The van der Waals surface area contributed by atoms with E-state index in [2.05, 4.69) is 15.1 Å². The Labute approximate surface area is 98.8 Å². The van der Waals surface area contributed by atoms with Gasteiger partial charge in [0.2, 0.25) is 5.88 Å². The maximum atomic E-state index is 5.82. The van der Waals surface area contributed by atoms with Crippen LogP contribution in [-0.2, 0) is 0 Å². The first-order valence-corrected chi connectivity index (χ1v) is 5.34. The molecular weight excluding hydrogens is 220 g/mol. The van der Waals surface area contributed by atoms with E-state index in [1.54, 1.807) is 25.4 Å². The molecule has 0 saturated carbocycles. The molecule has 0 aliphatic carbocycles. The molecule has 2 N–H and O–H groups in total. The highest BCUT2D eigenvalue weighted by Gasteiger charge is 2.16. The number of aromatic nitrogens is 3. The molecule has 1 unspecified atom stereocenters. The lowest BCUT2D eigenvalue weighted by molar-refractivity contribution is 0.389. The summed E-state index contributed by atoms with van der Waals surface area (Å²) in [5.41, 5.74) is 6.49. The van der Waals surface area contributed by atoms with Gasteiger partial charge in [-0.25, -0.2) is 4.98 Å². The van der Waals surface area contributed by atoms with Crippen molar-refractivity contribution in [2.75, 3.05) is 7.11 Å². The van der Waals surface area contributed by atoms with E-state index in [1.807, 2.05) is 6.92 Å². The lowest BCUT2D eigenvalue weighted by Crippen LogP contribution is -2.10. The molecule has 90 valence electrons. The van der Waals surface area contributed by atoms with Crippen LogP contribution < -0.4 is 10.5 Å². The van der Waals surface area contributed by atoms with Gasteiger partial charge in [0.05, 0.1) is 13.2 Å². The van der Waals surface area contributed by atoms with E-state index in [0.29, 0.717) is 23.2 Å². The molecule has 6 heteroatoms. The maximum absolute atomic E-state index is 5.82. The van der Waals surface area contributed by atoms with Crippen LogP contribution in [0.25, 0.3) is 11.5 Å². The summed E-state index contributed by atoms with van der Waals surface area (Å²) < 4.78 is 10.3. The molecule has 17 heavy (non-hydrogen) atoms. The third kappa shape index (κ3) is 2.26. The lowest BCUT2D eigenvalue weighted by atomic mass is 10.2. The second-order valence-corrected chi connectivity index (χ2v) is 3.53. The maximum Gasteiger partial charge on any atom is 0.263 e. The van der Waals surface area contributed by atoms with Gasteiger partial charge in [-0.2, -0.15) is 4.98 Å². The minimum atomic E-state index is -0.213. The molecule has 0 aliphatic rings. The van der Waals surface area contributed by atoms with Crippen LogP contribution in [0.3, 0.4) is 0 Å². The van der Waals surface area contributed by atoms with Crippen LogP contribution in [-0.4, -0.2) is 22.2 Å². The number of rotatable bonds is 4. The molecule has 0 fully saturated rings. The van der Waals surface area contributed by atoms with Crippen LogP contribution in [0.5, 0.6) is 5.88 Å². The van der Waals surface area contributed by atoms with Crippen molar-refractivity contribution in [3.63, 3.8) is 0 Å². The fourth-order valence-corrected chi connectivity index (χ4v) is 1.39. The molecule has 2 aromatic rings.